The molecule has 1 heteroatoms. The van der Waals surface area contributed by atoms with Crippen molar-refractivity contribution in [3.05, 3.63) is 54.1 Å². The van der Waals surface area contributed by atoms with E-state index in [1.807, 2.05) is 0 Å². The van der Waals surface area contributed by atoms with E-state index in [-0.39, 0.29) is 0 Å². The highest BCUT2D eigenvalue weighted by Gasteiger charge is 2.13. The zero-order valence-corrected chi connectivity index (χ0v) is 9.48. The number of benzene rings is 2. The summed E-state index contributed by atoms with van der Waals surface area (Å²) in [6.07, 6.45) is 2.34. The SMILES string of the molecule is CN1CC=C(c2cccc3ccccc23)C1. The van der Waals surface area contributed by atoms with Gasteiger partial charge < -0.3 is 0 Å². The van der Waals surface area contributed by atoms with Gasteiger partial charge in [0.15, 0.2) is 0 Å². The van der Waals surface area contributed by atoms with Gasteiger partial charge in [-0.3, -0.25) is 4.90 Å². The molecule has 80 valence electrons. The Hall–Kier alpha value is -1.60. The molecule has 0 saturated carbocycles. The molecule has 0 aromatic heterocycles. The molecule has 0 fully saturated rings. The van der Waals surface area contributed by atoms with Crippen LogP contribution in [0.3, 0.4) is 0 Å². The summed E-state index contributed by atoms with van der Waals surface area (Å²) in [6, 6.07) is 15.2. The lowest BCUT2D eigenvalue weighted by atomic mass is 9.99. The van der Waals surface area contributed by atoms with Crippen LogP contribution < -0.4 is 0 Å². The standard InChI is InChI=1S/C15H15N/c1-16-10-9-13(11-16)15-8-4-6-12-5-2-3-7-14(12)15/h2-9H,10-11H2,1H3. The zero-order chi connectivity index (χ0) is 11.0. The Morgan fingerprint density at radius 1 is 1.00 bits per heavy atom. The van der Waals surface area contributed by atoms with Crippen LogP contribution in [0.2, 0.25) is 0 Å². The molecule has 2 aromatic rings. The van der Waals surface area contributed by atoms with Crippen molar-refractivity contribution in [3.8, 4) is 0 Å². The molecule has 0 radical (unpaired) electrons. The monoisotopic (exact) mass is 209 g/mol. The van der Waals surface area contributed by atoms with E-state index in [2.05, 4.69) is 60.5 Å². The van der Waals surface area contributed by atoms with E-state index < -0.39 is 0 Å². The maximum atomic E-state index is 2.34. The summed E-state index contributed by atoms with van der Waals surface area (Å²) in [4.78, 5) is 2.33. The van der Waals surface area contributed by atoms with Crippen molar-refractivity contribution in [1.82, 2.24) is 4.90 Å². The quantitative estimate of drug-likeness (QED) is 0.697. The summed E-state index contributed by atoms with van der Waals surface area (Å²) >= 11 is 0. The molecule has 0 spiro atoms. The van der Waals surface area contributed by atoms with Gasteiger partial charge in [-0.05, 0) is 29.0 Å². The van der Waals surface area contributed by atoms with Crippen LogP contribution in [0.15, 0.2) is 48.5 Å². The smallest absolute Gasteiger partial charge is 0.0237 e. The number of hydrogen-bond acceptors (Lipinski definition) is 1. The van der Waals surface area contributed by atoms with E-state index >= 15 is 0 Å². The molecule has 0 aliphatic carbocycles. The summed E-state index contributed by atoms with van der Waals surface area (Å²) in [5.41, 5.74) is 2.85. The van der Waals surface area contributed by atoms with Gasteiger partial charge in [-0.2, -0.15) is 0 Å². The summed E-state index contributed by atoms with van der Waals surface area (Å²) in [5, 5.41) is 2.70. The molecular formula is C15H15N. The van der Waals surface area contributed by atoms with E-state index in [0.29, 0.717) is 0 Å². The van der Waals surface area contributed by atoms with Crippen LogP contribution in [0, 0.1) is 0 Å². The van der Waals surface area contributed by atoms with Crippen molar-refractivity contribution in [3.63, 3.8) is 0 Å². The van der Waals surface area contributed by atoms with Gasteiger partial charge in [-0.1, -0.05) is 48.5 Å². The molecule has 16 heavy (non-hydrogen) atoms. The third-order valence-corrected chi connectivity index (χ3v) is 3.23. The van der Waals surface area contributed by atoms with Crippen LogP contribution >= 0.6 is 0 Å². The van der Waals surface area contributed by atoms with Crippen molar-refractivity contribution in [1.29, 1.82) is 0 Å². The first-order valence-corrected chi connectivity index (χ1v) is 5.70. The molecule has 0 saturated heterocycles. The molecule has 0 bridgehead atoms. The number of hydrogen-bond donors (Lipinski definition) is 0. The Morgan fingerprint density at radius 2 is 1.81 bits per heavy atom. The van der Waals surface area contributed by atoms with Crippen molar-refractivity contribution in [2.45, 2.75) is 0 Å². The van der Waals surface area contributed by atoms with E-state index in [0.717, 1.165) is 13.1 Å². The van der Waals surface area contributed by atoms with Crippen LogP contribution in [-0.2, 0) is 0 Å². The number of nitrogens with zero attached hydrogens (tertiary/aromatic N) is 1. The summed E-state index contributed by atoms with van der Waals surface area (Å²) < 4.78 is 0. The zero-order valence-electron chi connectivity index (χ0n) is 9.48. The molecule has 2 aromatic carbocycles. The fraction of sp³-hybridized carbons (Fsp3) is 0.200. The maximum absolute atomic E-state index is 2.34. The summed E-state index contributed by atoms with van der Waals surface area (Å²) in [7, 11) is 2.16. The molecule has 1 heterocycles. The number of likely N-dealkylation sites (N-methyl/N-ethyl adjacent to an activating group) is 1. The first kappa shape index (κ1) is 9.61. The third-order valence-electron chi connectivity index (χ3n) is 3.23. The van der Waals surface area contributed by atoms with Crippen LogP contribution in [-0.4, -0.2) is 25.0 Å². The van der Waals surface area contributed by atoms with E-state index in [4.69, 9.17) is 0 Å². The van der Waals surface area contributed by atoms with Gasteiger partial charge >= 0.3 is 0 Å². The van der Waals surface area contributed by atoms with E-state index in [9.17, 15) is 0 Å². The second kappa shape index (κ2) is 3.76. The van der Waals surface area contributed by atoms with Crippen molar-refractivity contribution in [2.24, 2.45) is 0 Å². The average Bonchev–Trinajstić information content (AvgIpc) is 2.75. The highest BCUT2D eigenvalue weighted by Crippen LogP contribution is 2.27. The number of fused-ring (bicyclic) bond motifs is 1. The lowest BCUT2D eigenvalue weighted by Crippen LogP contribution is -2.13. The molecule has 1 aliphatic heterocycles. The topological polar surface area (TPSA) is 3.24 Å². The molecule has 1 nitrogen and oxygen atoms in total. The van der Waals surface area contributed by atoms with Gasteiger partial charge in [0.1, 0.15) is 0 Å². The molecular weight excluding hydrogens is 194 g/mol. The predicted molar refractivity (Wildman–Crippen MR) is 69.4 cm³/mol. The van der Waals surface area contributed by atoms with Gasteiger partial charge in [0, 0.05) is 13.1 Å². The van der Waals surface area contributed by atoms with Crippen molar-refractivity contribution >= 4 is 16.3 Å². The fourth-order valence-electron chi connectivity index (χ4n) is 2.39. The minimum atomic E-state index is 1.06. The Kier molecular flexibility index (Phi) is 2.26. The van der Waals surface area contributed by atoms with Crippen LogP contribution in [0.1, 0.15) is 5.56 Å². The van der Waals surface area contributed by atoms with Gasteiger partial charge in [-0.25, -0.2) is 0 Å². The Balaban J connectivity index is 2.17. The van der Waals surface area contributed by atoms with Crippen LogP contribution in [0.25, 0.3) is 16.3 Å². The predicted octanol–water partition coefficient (Wildman–Crippen LogP) is 3.17. The van der Waals surface area contributed by atoms with Gasteiger partial charge in [0.05, 0.1) is 0 Å². The summed E-state index contributed by atoms with van der Waals surface area (Å²) in [5.74, 6) is 0. The lowest BCUT2D eigenvalue weighted by molar-refractivity contribution is 0.439. The molecule has 0 N–H and O–H groups in total. The Bertz CT molecular complexity index is 549. The molecule has 0 amide bonds. The maximum Gasteiger partial charge on any atom is 0.0237 e. The Labute approximate surface area is 96.0 Å². The lowest BCUT2D eigenvalue weighted by Gasteiger charge is -2.10. The van der Waals surface area contributed by atoms with Gasteiger partial charge in [-0.15, -0.1) is 0 Å². The Morgan fingerprint density at radius 3 is 2.62 bits per heavy atom. The molecule has 3 rings (SSSR count). The molecule has 0 atom stereocenters. The number of rotatable bonds is 1. The minimum absolute atomic E-state index is 1.06. The van der Waals surface area contributed by atoms with E-state index in [1.165, 1.54) is 21.9 Å². The third kappa shape index (κ3) is 1.54. The van der Waals surface area contributed by atoms with E-state index in [1.54, 1.807) is 0 Å². The van der Waals surface area contributed by atoms with Gasteiger partial charge in [0.2, 0.25) is 0 Å². The highest BCUT2D eigenvalue weighted by molar-refractivity contribution is 5.94. The molecule has 1 aliphatic rings. The second-order valence-corrected chi connectivity index (χ2v) is 4.45. The van der Waals surface area contributed by atoms with Crippen molar-refractivity contribution in [2.75, 3.05) is 20.1 Å². The second-order valence-electron chi connectivity index (χ2n) is 4.45. The normalized spacial score (nSPS) is 16.7. The minimum Gasteiger partial charge on any atom is -0.298 e. The fourth-order valence-corrected chi connectivity index (χ4v) is 2.39. The highest BCUT2D eigenvalue weighted by atomic mass is 15.1. The van der Waals surface area contributed by atoms with Crippen molar-refractivity contribution < 1.29 is 0 Å². The van der Waals surface area contributed by atoms with Gasteiger partial charge in [0.25, 0.3) is 0 Å². The van der Waals surface area contributed by atoms with Crippen LogP contribution in [0.4, 0.5) is 0 Å². The molecule has 0 unspecified atom stereocenters. The van der Waals surface area contributed by atoms with Crippen LogP contribution in [0.5, 0.6) is 0 Å². The summed E-state index contributed by atoms with van der Waals surface area (Å²) in [6.45, 7) is 2.13. The first-order valence-electron chi connectivity index (χ1n) is 5.70. The first-order chi connectivity index (χ1) is 7.84. The largest absolute Gasteiger partial charge is 0.298 e. The average molecular weight is 209 g/mol.